The first-order chi connectivity index (χ1) is 15.2. The fourth-order valence-corrected chi connectivity index (χ4v) is 3.95. The molecule has 4 rings (SSSR count). The molecule has 0 saturated carbocycles. The Bertz CT molecular complexity index is 1130. The molecule has 3 aromatic rings. The van der Waals surface area contributed by atoms with Crippen LogP contribution in [0.5, 0.6) is 5.75 Å². The number of benzene rings is 1. The highest BCUT2D eigenvalue weighted by molar-refractivity contribution is 9.09. The minimum atomic E-state index is -4.64. The Balaban J connectivity index is 1.62. The molecular weight excluding hydrogens is 491 g/mol. The Morgan fingerprint density at radius 3 is 2.72 bits per heavy atom. The summed E-state index contributed by atoms with van der Waals surface area (Å²) in [5.41, 5.74) is -0.276. The Hall–Kier alpha value is -2.66. The summed E-state index contributed by atoms with van der Waals surface area (Å²) in [5, 5.41) is 8.08. The van der Waals surface area contributed by atoms with E-state index in [0.29, 0.717) is 17.0 Å². The van der Waals surface area contributed by atoms with Crippen LogP contribution in [0.1, 0.15) is 35.1 Å². The molecule has 0 spiro atoms. The van der Waals surface area contributed by atoms with Crippen molar-refractivity contribution in [3.8, 4) is 5.75 Å². The summed E-state index contributed by atoms with van der Waals surface area (Å²) in [6.07, 6.45) is -0.747. The van der Waals surface area contributed by atoms with Crippen LogP contribution in [-0.2, 0) is 6.18 Å². The van der Waals surface area contributed by atoms with Crippen LogP contribution >= 0.6 is 15.9 Å². The number of amides is 1. The van der Waals surface area contributed by atoms with E-state index < -0.39 is 17.8 Å². The molecule has 3 heterocycles. The molecule has 0 aliphatic carbocycles. The van der Waals surface area contributed by atoms with E-state index >= 15 is 0 Å². The number of fused-ring (bicyclic) bond motifs is 1. The number of pyridine rings is 1. The van der Waals surface area contributed by atoms with E-state index in [0.717, 1.165) is 43.5 Å². The Labute approximate surface area is 190 Å². The maximum atomic E-state index is 12.9. The van der Waals surface area contributed by atoms with E-state index in [1.54, 1.807) is 12.1 Å². The lowest BCUT2D eigenvalue weighted by Gasteiger charge is -2.28. The molecule has 1 fully saturated rings. The number of carbonyl (C=O) groups excluding carboxylic acids is 1. The van der Waals surface area contributed by atoms with Gasteiger partial charge in [0.05, 0.1) is 17.2 Å². The van der Waals surface area contributed by atoms with Gasteiger partial charge in [0.2, 0.25) is 0 Å². The van der Waals surface area contributed by atoms with Gasteiger partial charge in [-0.2, -0.15) is 18.3 Å². The predicted molar refractivity (Wildman–Crippen MR) is 117 cm³/mol. The van der Waals surface area contributed by atoms with E-state index in [-0.39, 0.29) is 17.3 Å². The van der Waals surface area contributed by atoms with Crippen LogP contribution in [0.3, 0.4) is 0 Å². The molecule has 1 aromatic carbocycles. The summed E-state index contributed by atoms with van der Waals surface area (Å²) in [6, 6.07) is 6.89. The Morgan fingerprint density at radius 2 is 2.03 bits per heavy atom. The summed E-state index contributed by atoms with van der Waals surface area (Å²) in [7, 11) is 2.09. The zero-order valence-electron chi connectivity index (χ0n) is 17.2. The Kier molecular flexibility index (Phi) is 6.38. The first-order valence-electron chi connectivity index (χ1n) is 10.0. The number of halogens is 4. The molecule has 1 N–H and O–H groups in total. The first-order valence-corrected chi connectivity index (χ1v) is 11.1. The fraction of sp³-hybridized carbons (Fsp3) is 0.381. The molecule has 170 valence electrons. The number of rotatable bonds is 5. The number of ether oxygens (including phenoxy) is 1. The maximum Gasteiger partial charge on any atom is 0.433 e. The molecule has 7 nitrogen and oxygen atoms in total. The van der Waals surface area contributed by atoms with E-state index in [1.165, 1.54) is 6.07 Å². The monoisotopic (exact) mass is 511 g/mol. The van der Waals surface area contributed by atoms with Crippen LogP contribution in [-0.4, -0.2) is 51.2 Å². The van der Waals surface area contributed by atoms with Crippen LogP contribution < -0.4 is 10.1 Å². The zero-order valence-corrected chi connectivity index (χ0v) is 18.8. The summed E-state index contributed by atoms with van der Waals surface area (Å²) in [6.45, 7) is 1.98. The topological polar surface area (TPSA) is 72.3 Å². The molecule has 1 aliphatic rings. The predicted octanol–water partition coefficient (Wildman–Crippen LogP) is 4.70. The molecule has 32 heavy (non-hydrogen) atoms. The number of hydrogen-bond acceptors (Lipinski definition) is 5. The van der Waals surface area contributed by atoms with Crippen molar-refractivity contribution in [1.82, 2.24) is 19.7 Å². The van der Waals surface area contributed by atoms with Gasteiger partial charge in [-0.25, -0.2) is 4.98 Å². The number of piperidine rings is 1. The van der Waals surface area contributed by atoms with Gasteiger partial charge < -0.3 is 15.0 Å². The van der Waals surface area contributed by atoms with E-state index in [2.05, 4.69) is 43.3 Å². The van der Waals surface area contributed by atoms with E-state index in [4.69, 9.17) is 4.74 Å². The van der Waals surface area contributed by atoms with Gasteiger partial charge in [0.1, 0.15) is 22.7 Å². The van der Waals surface area contributed by atoms with Crippen LogP contribution in [0.2, 0.25) is 0 Å². The average Bonchev–Trinajstić information content (AvgIpc) is 3.17. The second-order valence-electron chi connectivity index (χ2n) is 7.66. The molecule has 0 radical (unpaired) electrons. The zero-order chi connectivity index (χ0) is 22.9. The molecule has 2 aromatic heterocycles. The number of carbonyl (C=O) groups is 1. The summed E-state index contributed by atoms with van der Waals surface area (Å²) < 4.78 is 46.3. The van der Waals surface area contributed by atoms with Gasteiger partial charge in [-0.05, 0) is 67.1 Å². The quantitative estimate of drug-likeness (QED) is 0.502. The number of aromatic nitrogens is 3. The largest absolute Gasteiger partial charge is 0.480 e. The highest BCUT2D eigenvalue weighted by atomic mass is 79.9. The van der Waals surface area contributed by atoms with Crippen molar-refractivity contribution >= 4 is 38.4 Å². The van der Waals surface area contributed by atoms with Crippen molar-refractivity contribution < 1.29 is 22.7 Å². The first kappa shape index (κ1) is 22.5. The van der Waals surface area contributed by atoms with Crippen molar-refractivity contribution in [3.05, 3.63) is 47.9 Å². The SMILES string of the molecule is CN1CCC(n2cc3cc(NC(=O)c4cccc(C(F)(F)F)n4)c(OCBr)cc3n2)CC1. The van der Waals surface area contributed by atoms with Gasteiger partial charge in [0, 0.05) is 17.6 Å². The van der Waals surface area contributed by atoms with Crippen LogP contribution in [0, 0.1) is 0 Å². The summed E-state index contributed by atoms with van der Waals surface area (Å²) >= 11 is 3.20. The van der Waals surface area contributed by atoms with E-state index in [9.17, 15) is 18.0 Å². The van der Waals surface area contributed by atoms with Crippen molar-refractivity contribution in [1.29, 1.82) is 0 Å². The Morgan fingerprint density at radius 1 is 1.28 bits per heavy atom. The minimum Gasteiger partial charge on any atom is -0.480 e. The molecular formula is C21H21BrF3N5O2. The molecule has 11 heteroatoms. The maximum absolute atomic E-state index is 12.9. The standard InChI is InChI=1S/C21H21BrF3N5O2/c1-29-7-5-14(6-8-29)30-11-13-9-17(18(32-12-22)10-16(13)28-30)27-20(31)15-3-2-4-19(26-15)21(23,24)25/h2-4,9-11,14H,5-8,12H2,1H3,(H,27,31). The molecule has 1 saturated heterocycles. The van der Waals surface area contributed by atoms with Gasteiger partial charge in [0.15, 0.2) is 0 Å². The molecule has 0 unspecified atom stereocenters. The molecule has 1 amide bonds. The normalized spacial score (nSPS) is 15.8. The van der Waals surface area contributed by atoms with Gasteiger partial charge in [-0.15, -0.1) is 0 Å². The van der Waals surface area contributed by atoms with Crippen molar-refractivity contribution in [2.24, 2.45) is 0 Å². The van der Waals surface area contributed by atoms with Crippen molar-refractivity contribution in [2.45, 2.75) is 25.1 Å². The third kappa shape index (κ3) is 4.88. The fourth-order valence-electron chi connectivity index (χ4n) is 3.70. The van der Waals surface area contributed by atoms with Gasteiger partial charge in [-0.3, -0.25) is 9.48 Å². The summed E-state index contributed by atoms with van der Waals surface area (Å²) in [5.74, 6) is -0.416. The molecule has 0 bridgehead atoms. The lowest BCUT2D eigenvalue weighted by Crippen LogP contribution is -2.31. The minimum absolute atomic E-state index is 0.166. The number of likely N-dealkylation sites (tertiary alicyclic amines) is 1. The van der Waals surface area contributed by atoms with Crippen LogP contribution in [0.25, 0.3) is 10.9 Å². The highest BCUT2D eigenvalue weighted by Crippen LogP contribution is 2.33. The lowest BCUT2D eigenvalue weighted by molar-refractivity contribution is -0.141. The highest BCUT2D eigenvalue weighted by Gasteiger charge is 2.33. The third-order valence-corrected chi connectivity index (χ3v) is 5.64. The average molecular weight is 512 g/mol. The second kappa shape index (κ2) is 9.07. The number of anilines is 1. The second-order valence-corrected chi connectivity index (χ2v) is 8.12. The van der Waals surface area contributed by atoms with Gasteiger partial charge >= 0.3 is 6.18 Å². The van der Waals surface area contributed by atoms with Gasteiger partial charge in [-0.1, -0.05) is 6.07 Å². The number of nitrogens with zero attached hydrogens (tertiary/aromatic N) is 4. The third-order valence-electron chi connectivity index (χ3n) is 5.42. The van der Waals surface area contributed by atoms with Crippen LogP contribution in [0.4, 0.5) is 18.9 Å². The lowest BCUT2D eigenvalue weighted by atomic mass is 10.1. The summed E-state index contributed by atoms with van der Waals surface area (Å²) in [4.78, 5) is 18.4. The van der Waals surface area contributed by atoms with E-state index in [1.807, 2.05) is 10.9 Å². The van der Waals surface area contributed by atoms with Gasteiger partial charge in [0.25, 0.3) is 5.91 Å². The molecule has 0 atom stereocenters. The van der Waals surface area contributed by atoms with Crippen molar-refractivity contribution in [2.75, 3.05) is 31.0 Å². The smallest absolute Gasteiger partial charge is 0.433 e. The van der Waals surface area contributed by atoms with Crippen LogP contribution in [0.15, 0.2) is 36.5 Å². The number of hydrogen-bond donors (Lipinski definition) is 1. The molecule has 1 aliphatic heterocycles. The van der Waals surface area contributed by atoms with Crippen molar-refractivity contribution in [3.63, 3.8) is 0 Å². The number of nitrogens with one attached hydrogen (secondary N) is 1. The number of alkyl halides is 4.